The van der Waals surface area contributed by atoms with Crippen LogP contribution in [0.4, 0.5) is 0 Å². The van der Waals surface area contributed by atoms with Crippen molar-refractivity contribution in [2.45, 2.75) is 45.3 Å². The van der Waals surface area contributed by atoms with E-state index in [0.29, 0.717) is 12.5 Å². The fourth-order valence-electron chi connectivity index (χ4n) is 3.71. The Morgan fingerprint density at radius 1 is 1.14 bits per heavy atom. The summed E-state index contributed by atoms with van der Waals surface area (Å²) in [6.45, 7) is 6.15. The number of hydrogen-bond acceptors (Lipinski definition) is 3. The third-order valence-corrected chi connectivity index (χ3v) is 5.36. The number of benzene rings is 2. The molecule has 5 heteroatoms. The first-order valence-corrected chi connectivity index (χ1v) is 10.0. The highest BCUT2D eigenvalue weighted by molar-refractivity contribution is 5.94. The number of ether oxygens (including phenoxy) is 1. The number of likely N-dealkylation sites (tertiary alicyclic amines) is 1. The Kier molecular flexibility index (Phi) is 5.44. The summed E-state index contributed by atoms with van der Waals surface area (Å²) in [5.74, 6) is 1.54. The number of fused-ring (bicyclic) bond motifs is 1. The molecule has 0 spiro atoms. The standard InChI is InChI=1S/C23H27N3O2/c1-16(2)28-15-17-7-9-19(10-8-17)23(27)26-13-11-18(12-14-26)22-24-20-5-3-4-6-21(20)25-22/h3-10,16,18H,11-15H2,1-2H3,(H,24,25). The molecule has 0 saturated carbocycles. The van der Waals surface area contributed by atoms with Crippen molar-refractivity contribution in [3.8, 4) is 0 Å². The number of amides is 1. The highest BCUT2D eigenvalue weighted by Crippen LogP contribution is 2.28. The van der Waals surface area contributed by atoms with E-state index in [4.69, 9.17) is 9.72 Å². The molecule has 0 aliphatic carbocycles. The normalized spacial score (nSPS) is 15.5. The Balaban J connectivity index is 1.35. The van der Waals surface area contributed by atoms with E-state index in [-0.39, 0.29) is 12.0 Å². The van der Waals surface area contributed by atoms with Gasteiger partial charge in [0.15, 0.2) is 0 Å². The number of carbonyl (C=O) groups is 1. The summed E-state index contributed by atoms with van der Waals surface area (Å²) in [4.78, 5) is 23.0. The summed E-state index contributed by atoms with van der Waals surface area (Å²) in [5, 5.41) is 0. The number of nitrogens with one attached hydrogen (secondary N) is 1. The van der Waals surface area contributed by atoms with E-state index in [1.807, 2.05) is 61.2 Å². The van der Waals surface area contributed by atoms with Crippen LogP contribution < -0.4 is 0 Å². The second-order valence-corrected chi connectivity index (χ2v) is 7.76. The summed E-state index contributed by atoms with van der Waals surface area (Å²) in [6, 6.07) is 15.9. The smallest absolute Gasteiger partial charge is 0.253 e. The maximum Gasteiger partial charge on any atom is 0.253 e. The molecule has 1 fully saturated rings. The Hall–Kier alpha value is -2.66. The van der Waals surface area contributed by atoms with E-state index in [9.17, 15) is 4.79 Å². The van der Waals surface area contributed by atoms with Gasteiger partial charge in [0, 0.05) is 24.6 Å². The third kappa shape index (κ3) is 4.09. The van der Waals surface area contributed by atoms with E-state index in [2.05, 4.69) is 11.1 Å². The minimum atomic E-state index is 0.111. The van der Waals surface area contributed by atoms with Crippen molar-refractivity contribution in [3.05, 3.63) is 65.5 Å². The van der Waals surface area contributed by atoms with Gasteiger partial charge < -0.3 is 14.6 Å². The molecular weight excluding hydrogens is 350 g/mol. The summed E-state index contributed by atoms with van der Waals surface area (Å²) in [5.41, 5.74) is 3.93. The molecule has 0 unspecified atom stereocenters. The fourth-order valence-corrected chi connectivity index (χ4v) is 3.71. The van der Waals surface area contributed by atoms with Crippen molar-refractivity contribution < 1.29 is 9.53 Å². The molecule has 1 aromatic heterocycles. The molecule has 1 N–H and O–H groups in total. The summed E-state index contributed by atoms with van der Waals surface area (Å²) < 4.78 is 5.62. The van der Waals surface area contributed by atoms with Crippen LogP contribution in [0.15, 0.2) is 48.5 Å². The van der Waals surface area contributed by atoms with Crippen molar-refractivity contribution in [1.82, 2.24) is 14.9 Å². The molecule has 5 nitrogen and oxygen atoms in total. The molecule has 1 saturated heterocycles. The predicted octanol–water partition coefficient (Wildman–Crippen LogP) is 4.51. The second kappa shape index (κ2) is 8.15. The van der Waals surface area contributed by atoms with Crippen LogP contribution in [0.3, 0.4) is 0 Å². The lowest BCUT2D eigenvalue weighted by molar-refractivity contribution is 0.0654. The molecule has 1 aliphatic rings. The Morgan fingerprint density at radius 3 is 2.54 bits per heavy atom. The first-order chi connectivity index (χ1) is 13.6. The van der Waals surface area contributed by atoms with Gasteiger partial charge in [-0.05, 0) is 56.5 Å². The lowest BCUT2D eigenvalue weighted by Crippen LogP contribution is -2.38. The number of para-hydroxylation sites is 2. The highest BCUT2D eigenvalue weighted by Gasteiger charge is 2.26. The zero-order valence-electron chi connectivity index (χ0n) is 16.5. The zero-order valence-corrected chi connectivity index (χ0v) is 16.5. The van der Waals surface area contributed by atoms with Crippen molar-refractivity contribution in [2.75, 3.05) is 13.1 Å². The van der Waals surface area contributed by atoms with Crippen LogP contribution in [-0.2, 0) is 11.3 Å². The molecule has 4 rings (SSSR count). The molecule has 1 aliphatic heterocycles. The minimum Gasteiger partial charge on any atom is -0.374 e. The number of piperidine rings is 1. The Labute approximate surface area is 165 Å². The van der Waals surface area contributed by atoms with Gasteiger partial charge in [-0.25, -0.2) is 4.98 Å². The topological polar surface area (TPSA) is 58.2 Å². The molecule has 0 radical (unpaired) electrons. The lowest BCUT2D eigenvalue weighted by atomic mass is 9.95. The first kappa shape index (κ1) is 18.7. The van der Waals surface area contributed by atoms with Crippen LogP contribution >= 0.6 is 0 Å². The molecular formula is C23H27N3O2. The van der Waals surface area contributed by atoms with Crippen molar-refractivity contribution in [2.24, 2.45) is 0 Å². The third-order valence-electron chi connectivity index (χ3n) is 5.36. The zero-order chi connectivity index (χ0) is 19.5. The molecule has 3 aromatic rings. The number of hydrogen-bond donors (Lipinski definition) is 1. The average molecular weight is 377 g/mol. The minimum absolute atomic E-state index is 0.111. The van der Waals surface area contributed by atoms with Crippen molar-refractivity contribution >= 4 is 16.9 Å². The Bertz CT molecular complexity index is 905. The van der Waals surface area contributed by atoms with Gasteiger partial charge in [0.05, 0.1) is 23.7 Å². The first-order valence-electron chi connectivity index (χ1n) is 10.0. The summed E-state index contributed by atoms with van der Waals surface area (Å²) in [6.07, 6.45) is 2.08. The van der Waals surface area contributed by atoms with E-state index in [1.54, 1.807) is 0 Å². The van der Waals surface area contributed by atoms with Crippen LogP contribution in [0.5, 0.6) is 0 Å². The molecule has 0 atom stereocenters. The lowest BCUT2D eigenvalue weighted by Gasteiger charge is -2.31. The number of rotatable bonds is 5. The number of carbonyl (C=O) groups excluding carboxylic acids is 1. The van der Waals surface area contributed by atoms with E-state index < -0.39 is 0 Å². The van der Waals surface area contributed by atoms with Gasteiger partial charge in [-0.15, -0.1) is 0 Å². The van der Waals surface area contributed by atoms with Crippen LogP contribution in [0.2, 0.25) is 0 Å². The van der Waals surface area contributed by atoms with E-state index in [0.717, 1.165) is 53.9 Å². The second-order valence-electron chi connectivity index (χ2n) is 7.76. The predicted molar refractivity (Wildman–Crippen MR) is 110 cm³/mol. The molecule has 28 heavy (non-hydrogen) atoms. The van der Waals surface area contributed by atoms with Crippen LogP contribution in [0, 0.1) is 0 Å². The summed E-state index contributed by atoms with van der Waals surface area (Å²) >= 11 is 0. The van der Waals surface area contributed by atoms with Gasteiger partial charge in [0.2, 0.25) is 0 Å². The quantitative estimate of drug-likeness (QED) is 0.712. The average Bonchev–Trinajstić information content (AvgIpc) is 3.16. The van der Waals surface area contributed by atoms with Gasteiger partial charge in [0.25, 0.3) is 5.91 Å². The van der Waals surface area contributed by atoms with Crippen molar-refractivity contribution in [3.63, 3.8) is 0 Å². The van der Waals surface area contributed by atoms with Gasteiger partial charge >= 0.3 is 0 Å². The molecule has 146 valence electrons. The number of aromatic amines is 1. The number of H-pyrrole nitrogens is 1. The van der Waals surface area contributed by atoms with E-state index >= 15 is 0 Å². The highest BCUT2D eigenvalue weighted by atomic mass is 16.5. The fraction of sp³-hybridized carbons (Fsp3) is 0.391. The van der Waals surface area contributed by atoms with E-state index in [1.165, 1.54) is 0 Å². The van der Waals surface area contributed by atoms with Gasteiger partial charge in [-0.2, -0.15) is 0 Å². The van der Waals surface area contributed by atoms with Gasteiger partial charge in [-0.1, -0.05) is 24.3 Å². The molecule has 1 amide bonds. The maximum atomic E-state index is 12.8. The van der Waals surface area contributed by atoms with Gasteiger partial charge in [0.1, 0.15) is 5.82 Å². The molecule has 2 aromatic carbocycles. The SMILES string of the molecule is CC(C)OCc1ccc(C(=O)N2CCC(c3nc4ccccc4[nH]3)CC2)cc1. The van der Waals surface area contributed by atoms with Crippen LogP contribution in [0.25, 0.3) is 11.0 Å². The summed E-state index contributed by atoms with van der Waals surface area (Å²) in [7, 11) is 0. The van der Waals surface area contributed by atoms with Gasteiger partial charge in [-0.3, -0.25) is 4.79 Å². The Morgan fingerprint density at radius 2 is 1.86 bits per heavy atom. The van der Waals surface area contributed by atoms with Crippen LogP contribution in [-0.4, -0.2) is 40.0 Å². The maximum absolute atomic E-state index is 12.8. The molecule has 0 bridgehead atoms. The molecule has 2 heterocycles. The van der Waals surface area contributed by atoms with Crippen molar-refractivity contribution in [1.29, 1.82) is 0 Å². The number of imidazole rings is 1. The largest absolute Gasteiger partial charge is 0.374 e. The number of aromatic nitrogens is 2. The monoisotopic (exact) mass is 377 g/mol. The number of nitrogens with zero attached hydrogens (tertiary/aromatic N) is 2. The van der Waals surface area contributed by atoms with Crippen LogP contribution in [0.1, 0.15) is 54.4 Å².